The van der Waals surface area contributed by atoms with Crippen LogP contribution in [0.15, 0.2) is 72.8 Å². The van der Waals surface area contributed by atoms with Gasteiger partial charge in [-0.25, -0.2) is 4.79 Å². The lowest BCUT2D eigenvalue weighted by Gasteiger charge is -2.26. The van der Waals surface area contributed by atoms with E-state index in [-0.39, 0.29) is 5.97 Å². The van der Waals surface area contributed by atoms with E-state index in [2.05, 4.69) is 38.1 Å². The van der Waals surface area contributed by atoms with Crippen molar-refractivity contribution < 1.29 is 19.4 Å². The minimum Gasteiger partial charge on any atom is -0.461 e. The summed E-state index contributed by atoms with van der Waals surface area (Å²) >= 11 is 0. The fraction of sp³-hybridized carbons (Fsp3) is 0.441. The van der Waals surface area contributed by atoms with Crippen molar-refractivity contribution in [2.75, 3.05) is 0 Å². The first-order valence-electron chi connectivity index (χ1n) is 14.3. The highest BCUT2D eigenvalue weighted by atomic mass is 16.6. The second kappa shape index (κ2) is 12.2. The second-order valence-electron chi connectivity index (χ2n) is 11.5. The smallest absolute Gasteiger partial charge is 0.343 e. The topological polar surface area (TPSA) is 55.8 Å². The Hall–Kier alpha value is -3.11. The van der Waals surface area contributed by atoms with Gasteiger partial charge in [-0.15, -0.1) is 0 Å². The standard InChI is InChI=1S/C34H40O4/c1-23-3-7-25(8-4-23)27-11-15-29(16-12-27)33(35)37-31-19-21-32(22-20-31)38-34(36)30-17-13-28(14-18-30)26-9-5-24(2)6-10-26/h11-26,33,35H,3-10H2,1-2H3. The predicted molar refractivity (Wildman–Crippen MR) is 151 cm³/mol. The maximum atomic E-state index is 12.7. The number of carbonyl (C=O) groups is 1. The van der Waals surface area contributed by atoms with Gasteiger partial charge in [-0.05, 0) is 96.9 Å². The maximum Gasteiger partial charge on any atom is 0.343 e. The van der Waals surface area contributed by atoms with E-state index >= 15 is 0 Å². The maximum absolute atomic E-state index is 12.7. The van der Waals surface area contributed by atoms with Crippen molar-refractivity contribution in [2.45, 2.75) is 83.3 Å². The lowest BCUT2D eigenvalue weighted by Crippen LogP contribution is -2.12. The second-order valence-corrected chi connectivity index (χ2v) is 11.5. The van der Waals surface area contributed by atoms with Crippen LogP contribution in [0.2, 0.25) is 0 Å². The highest BCUT2D eigenvalue weighted by Crippen LogP contribution is 2.37. The van der Waals surface area contributed by atoms with Gasteiger partial charge in [0.05, 0.1) is 5.56 Å². The summed E-state index contributed by atoms with van der Waals surface area (Å²) in [5, 5.41) is 10.6. The van der Waals surface area contributed by atoms with Gasteiger partial charge in [-0.2, -0.15) is 0 Å². The summed E-state index contributed by atoms with van der Waals surface area (Å²) < 4.78 is 11.3. The number of hydrogen-bond donors (Lipinski definition) is 1. The Morgan fingerprint density at radius 2 is 1.11 bits per heavy atom. The molecular formula is C34H40O4. The first-order valence-corrected chi connectivity index (χ1v) is 14.3. The third-order valence-corrected chi connectivity index (χ3v) is 8.62. The Labute approximate surface area is 227 Å². The van der Waals surface area contributed by atoms with Crippen LogP contribution in [0.4, 0.5) is 0 Å². The predicted octanol–water partition coefficient (Wildman–Crippen LogP) is 8.56. The molecule has 5 rings (SSSR count). The summed E-state index contributed by atoms with van der Waals surface area (Å²) in [6, 6.07) is 22.8. The molecule has 200 valence electrons. The lowest BCUT2D eigenvalue weighted by molar-refractivity contribution is -0.0195. The normalized spacial score (nSPS) is 24.4. The zero-order valence-corrected chi connectivity index (χ0v) is 22.6. The molecule has 0 aliphatic heterocycles. The van der Waals surface area contributed by atoms with Crippen LogP contribution in [0.1, 0.15) is 110 Å². The Balaban J connectivity index is 1.12. The fourth-order valence-electron chi connectivity index (χ4n) is 5.96. The number of hydrogen-bond acceptors (Lipinski definition) is 4. The Morgan fingerprint density at radius 1 is 0.658 bits per heavy atom. The van der Waals surface area contributed by atoms with E-state index in [0.717, 1.165) is 17.4 Å². The summed E-state index contributed by atoms with van der Waals surface area (Å²) in [6.45, 7) is 4.66. The number of esters is 1. The molecule has 0 amide bonds. The van der Waals surface area contributed by atoms with Crippen molar-refractivity contribution in [2.24, 2.45) is 11.8 Å². The Kier molecular flexibility index (Phi) is 8.48. The molecule has 0 aromatic heterocycles. The zero-order chi connectivity index (χ0) is 26.5. The third kappa shape index (κ3) is 6.66. The zero-order valence-electron chi connectivity index (χ0n) is 22.6. The van der Waals surface area contributed by atoms with Gasteiger partial charge < -0.3 is 14.6 Å². The molecule has 2 aliphatic carbocycles. The number of ether oxygens (including phenoxy) is 2. The summed E-state index contributed by atoms with van der Waals surface area (Å²) in [5.74, 6) is 3.43. The van der Waals surface area contributed by atoms with E-state index in [0.29, 0.717) is 28.9 Å². The van der Waals surface area contributed by atoms with Gasteiger partial charge in [0.25, 0.3) is 0 Å². The lowest BCUT2D eigenvalue weighted by atomic mass is 9.79. The van der Waals surface area contributed by atoms with Crippen LogP contribution in [-0.4, -0.2) is 11.1 Å². The number of benzene rings is 3. The summed E-state index contributed by atoms with van der Waals surface area (Å²) in [5.41, 5.74) is 3.92. The van der Waals surface area contributed by atoms with Crippen molar-refractivity contribution in [3.63, 3.8) is 0 Å². The molecule has 0 bridgehead atoms. The van der Waals surface area contributed by atoms with Gasteiger partial charge in [0.2, 0.25) is 6.29 Å². The third-order valence-electron chi connectivity index (χ3n) is 8.62. The van der Waals surface area contributed by atoms with E-state index in [9.17, 15) is 9.90 Å². The number of rotatable bonds is 7. The highest BCUT2D eigenvalue weighted by Gasteiger charge is 2.21. The van der Waals surface area contributed by atoms with Crippen LogP contribution in [-0.2, 0) is 0 Å². The summed E-state index contributed by atoms with van der Waals surface area (Å²) in [4.78, 5) is 12.7. The Morgan fingerprint density at radius 3 is 1.61 bits per heavy atom. The molecule has 3 aromatic rings. The molecule has 3 aromatic carbocycles. The van der Waals surface area contributed by atoms with Gasteiger partial charge in [0, 0.05) is 5.56 Å². The molecule has 2 aliphatic rings. The minimum atomic E-state index is -1.06. The van der Waals surface area contributed by atoms with E-state index in [1.807, 2.05) is 24.3 Å². The van der Waals surface area contributed by atoms with Gasteiger partial charge in [0.1, 0.15) is 11.5 Å². The molecule has 4 heteroatoms. The molecule has 0 saturated heterocycles. The highest BCUT2D eigenvalue weighted by molar-refractivity contribution is 5.91. The van der Waals surface area contributed by atoms with Crippen molar-refractivity contribution >= 4 is 5.97 Å². The molecule has 2 fully saturated rings. The average Bonchev–Trinajstić information content (AvgIpc) is 2.95. The van der Waals surface area contributed by atoms with Crippen LogP contribution < -0.4 is 9.47 Å². The Bertz CT molecular complexity index is 1170. The fourth-order valence-corrected chi connectivity index (χ4v) is 5.96. The monoisotopic (exact) mass is 512 g/mol. The van der Waals surface area contributed by atoms with Gasteiger partial charge in [-0.1, -0.05) is 75.9 Å². The van der Waals surface area contributed by atoms with Gasteiger partial charge in [-0.3, -0.25) is 0 Å². The number of carbonyl (C=O) groups excluding carboxylic acids is 1. The van der Waals surface area contributed by atoms with Crippen LogP contribution in [0.5, 0.6) is 11.5 Å². The molecular weight excluding hydrogens is 472 g/mol. The van der Waals surface area contributed by atoms with E-state index in [4.69, 9.17) is 9.47 Å². The van der Waals surface area contributed by atoms with Crippen LogP contribution in [0, 0.1) is 11.8 Å². The quantitative estimate of drug-likeness (QED) is 0.196. The molecule has 0 heterocycles. The molecule has 1 unspecified atom stereocenters. The van der Waals surface area contributed by atoms with Crippen molar-refractivity contribution in [1.82, 2.24) is 0 Å². The van der Waals surface area contributed by atoms with Gasteiger partial charge >= 0.3 is 5.97 Å². The molecule has 4 nitrogen and oxygen atoms in total. The molecule has 2 saturated carbocycles. The first kappa shape index (κ1) is 26.5. The van der Waals surface area contributed by atoms with Gasteiger partial charge in [0.15, 0.2) is 0 Å². The van der Waals surface area contributed by atoms with Crippen molar-refractivity contribution in [1.29, 1.82) is 0 Å². The molecule has 1 N–H and O–H groups in total. The van der Waals surface area contributed by atoms with Crippen LogP contribution in [0.25, 0.3) is 0 Å². The average molecular weight is 513 g/mol. The molecule has 38 heavy (non-hydrogen) atoms. The van der Waals surface area contributed by atoms with Crippen molar-refractivity contribution in [3.05, 3.63) is 95.1 Å². The number of aliphatic hydroxyl groups is 1. The molecule has 0 radical (unpaired) electrons. The van der Waals surface area contributed by atoms with E-state index in [1.165, 1.54) is 62.5 Å². The summed E-state index contributed by atoms with van der Waals surface area (Å²) in [6.07, 6.45) is 8.98. The molecule has 0 spiro atoms. The minimum absolute atomic E-state index is 0.380. The van der Waals surface area contributed by atoms with Crippen LogP contribution in [0.3, 0.4) is 0 Å². The summed E-state index contributed by atoms with van der Waals surface area (Å²) in [7, 11) is 0. The largest absolute Gasteiger partial charge is 0.461 e. The number of aliphatic hydroxyl groups excluding tert-OH is 1. The van der Waals surface area contributed by atoms with Crippen LogP contribution >= 0.6 is 0 Å². The first-order chi connectivity index (χ1) is 18.4. The van der Waals surface area contributed by atoms with E-state index < -0.39 is 6.29 Å². The SMILES string of the molecule is CC1CCC(c2ccc(C(=O)Oc3ccc(OC(O)c4ccc(C5CCC(C)CC5)cc4)cc3)cc2)CC1. The van der Waals surface area contributed by atoms with Crippen molar-refractivity contribution in [3.8, 4) is 11.5 Å². The molecule has 1 atom stereocenters. The van der Waals surface area contributed by atoms with E-state index in [1.54, 1.807) is 24.3 Å².